The molecule has 5 nitrogen and oxygen atoms in total. The standard InChI is InChI=1S/C14H25N3O2/c1-11(2)6-7-14(4,19)10-15-13(18)12(3)17-9-5-8-16-17/h5,8-9,11-12,19H,6-7,10H2,1-4H3,(H,15,18)/t12-,14+/m1/s1. The van der Waals surface area contributed by atoms with Crippen LogP contribution in [0.3, 0.4) is 0 Å². The van der Waals surface area contributed by atoms with E-state index in [9.17, 15) is 9.90 Å². The average Bonchev–Trinajstić information content (AvgIpc) is 2.86. The summed E-state index contributed by atoms with van der Waals surface area (Å²) in [6, 6.07) is 1.42. The van der Waals surface area contributed by atoms with Crippen molar-refractivity contribution in [2.45, 2.75) is 52.2 Å². The molecule has 0 spiro atoms. The molecular formula is C14H25N3O2. The summed E-state index contributed by atoms with van der Waals surface area (Å²) in [6.45, 7) is 8.05. The molecule has 0 saturated carbocycles. The molecule has 19 heavy (non-hydrogen) atoms. The topological polar surface area (TPSA) is 67.2 Å². The maximum absolute atomic E-state index is 11.9. The van der Waals surface area contributed by atoms with Crippen molar-refractivity contribution in [1.82, 2.24) is 15.1 Å². The van der Waals surface area contributed by atoms with Gasteiger partial charge in [-0.1, -0.05) is 13.8 Å². The van der Waals surface area contributed by atoms with E-state index in [1.165, 1.54) is 0 Å². The molecule has 0 bridgehead atoms. The Kier molecular flexibility index (Phi) is 5.54. The number of nitrogens with one attached hydrogen (secondary N) is 1. The first-order valence-corrected chi connectivity index (χ1v) is 6.81. The Morgan fingerprint density at radius 1 is 1.47 bits per heavy atom. The number of amides is 1. The Labute approximate surface area is 115 Å². The number of aliphatic hydroxyl groups is 1. The maximum atomic E-state index is 11.9. The van der Waals surface area contributed by atoms with E-state index in [-0.39, 0.29) is 18.5 Å². The molecule has 0 aliphatic heterocycles. The van der Waals surface area contributed by atoms with Gasteiger partial charge < -0.3 is 10.4 Å². The van der Waals surface area contributed by atoms with Crippen LogP contribution in [0.5, 0.6) is 0 Å². The first kappa shape index (κ1) is 15.7. The molecule has 0 aromatic carbocycles. The molecule has 0 aliphatic rings. The Morgan fingerprint density at radius 2 is 2.16 bits per heavy atom. The van der Waals surface area contributed by atoms with Gasteiger partial charge in [0.2, 0.25) is 5.91 Å². The molecule has 2 N–H and O–H groups in total. The summed E-state index contributed by atoms with van der Waals surface area (Å²) in [6.07, 6.45) is 5.02. The molecule has 2 atom stereocenters. The van der Waals surface area contributed by atoms with Crippen LogP contribution in [-0.2, 0) is 4.79 Å². The number of hydrogen-bond acceptors (Lipinski definition) is 3. The van der Waals surface area contributed by atoms with Crippen molar-refractivity contribution < 1.29 is 9.90 Å². The van der Waals surface area contributed by atoms with E-state index in [1.807, 2.05) is 0 Å². The molecule has 0 radical (unpaired) electrons. The fraction of sp³-hybridized carbons (Fsp3) is 0.714. The van der Waals surface area contributed by atoms with Crippen molar-refractivity contribution in [3.63, 3.8) is 0 Å². The molecule has 0 aliphatic carbocycles. The zero-order valence-electron chi connectivity index (χ0n) is 12.3. The Bertz CT molecular complexity index is 385. The zero-order valence-corrected chi connectivity index (χ0v) is 12.3. The monoisotopic (exact) mass is 267 g/mol. The third kappa shape index (κ3) is 5.42. The van der Waals surface area contributed by atoms with Gasteiger partial charge in [-0.05, 0) is 38.7 Å². The summed E-state index contributed by atoms with van der Waals surface area (Å²) in [4.78, 5) is 11.9. The van der Waals surface area contributed by atoms with Crippen LogP contribution in [0.2, 0.25) is 0 Å². The second kappa shape index (κ2) is 6.70. The summed E-state index contributed by atoms with van der Waals surface area (Å²) in [5.41, 5.74) is -0.857. The van der Waals surface area contributed by atoms with Gasteiger partial charge in [0.25, 0.3) is 0 Å². The predicted molar refractivity (Wildman–Crippen MR) is 74.6 cm³/mol. The molecule has 1 aromatic rings. The maximum Gasteiger partial charge on any atom is 0.244 e. The van der Waals surface area contributed by atoms with Crippen molar-refractivity contribution in [3.8, 4) is 0 Å². The van der Waals surface area contributed by atoms with Crippen molar-refractivity contribution in [2.24, 2.45) is 5.92 Å². The van der Waals surface area contributed by atoms with E-state index in [2.05, 4.69) is 24.3 Å². The van der Waals surface area contributed by atoms with E-state index in [1.54, 1.807) is 37.0 Å². The van der Waals surface area contributed by atoms with Crippen LogP contribution >= 0.6 is 0 Å². The highest BCUT2D eigenvalue weighted by atomic mass is 16.3. The van der Waals surface area contributed by atoms with Crippen molar-refractivity contribution in [1.29, 1.82) is 0 Å². The number of nitrogens with zero attached hydrogens (tertiary/aromatic N) is 2. The van der Waals surface area contributed by atoms with Crippen LogP contribution in [0.15, 0.2) is 18.5 Å². The van der Waals surface area contributed by atoms with E-state index in [0.29, 0.717) is 12.3 Å². The molecule has 1 aromatic heterocycles. The van der Waals surface area contributed by atoms with Gasteiger partial charge in [-0.3, -0.25) is 9.48 Å². The third-order valence-electron chi connectivity index (χ3n) is 3.20. The van der Waals surface area contributed by atoms with Crippen LogP contribution < -0.4 is 5.32 Å². The van der Waals surface area contributed by atoms with E-state index in [4.69, 9.17) is 0 Å². The lowest BCUT2D eigenvalue weighted by Gasteiger charge is -2.25. The second-order valence-electron chi connectivity index (χ2n) is 5.81. The summed E-state index contributed by atoms with van der Waals surface area (Å²) < 4.78 is 1.60. The van der Waals surface area contributed by atoms with Crippen molar-refractivity contribution >= 4 is 5.91 Å². The van der Waals surface area contributed by atoms with Crippen LogP contribution in [0, 0.1) is 5.92 Å². The van der Waals surface area contributed by atoms with Gasteiger partial charge in [0, 0.05) is 18.9 Å². The molecule has 1 rings (SSSR count). The number of carbonyl (C=O) groups is 1. The third-order valence-corrected chi connectivity index (χ3v) is 3.20. The Hall–Kier alpha value is -1.36. The number of hydrogen-bond donors (Lipinski definition) is 2. The van der Waals surface area contributed by atoms with Crippen LogP contribution in [0.25, 0.3) is 0 Å². The fourth-order valence-electron chi connectivity index (χ4n) is 1.74. The van der Waals surface area contributed by atoms with Gasteiger partial charge in [0.15, 0.2) is 0 Å². The first-order valence-electron chi connectivity index (χ1n) is 6.81. The minimum absolute atomic E-state index is 0.131. The highest BCUT2D eigenvalue weighted by Gasteiger charge is 2.23. The molecular weight excluding hydrogens is 242 g/mol. The second-order valence-corrected chi connectivity index (χ2v) is 5.81. The smallest absolute Gasteiger partial charge is 0.244 e. The minimum Gasteiger partial charge on any atom is -0.388 e. The van der Waals surface area contributed by atoms with Gasteiger partial charge in [-0.2, -0.15) is 5.10 Å². The zero-order chi connectivity index (χ0) is 14.5. The van der Waals surface area contributed by atoms with E-state index >= 15 is 0 Å². The molecule has 0 unspecified atom stereocenters. The summed E-state index contributed by atoms with van der Waals surface area (Å²) >= 11 is 0. The van der Waals surface area contributed by atoms with Crippen LogP contribution in [-0.4, -0.2) is 32.9 Å². The normalized spacial score (nSPS) is 16.1. The summed E-state index contributed by atoms with van der Waals surface area (Å²) in [5.74, 6) is 0.415. The number of aromatic nitrogens is 2. The van der Waals surface area contributed by atoms with Gasteiger partial charge in [0.1, 0.15) is 6.04 Å². The van der Waals surface area contributed by atoms with Crippen molar-refractivity contribution in [2.75, 3.05) is 6.54 Å². The lowest BCUT2D eigenvalue weighted by atomic mass is 9.95. The van der Waals surface area contributed by atoms with Crippen LogP contribution in [0.4, 0.5) is 0 Å². The van der Waals surface area contributed by atoms with Gasteiger partial charge in [-0.15, -0.1) is 0 Å². The Balaban J connectivity index is 2.41. The fourth-order valence-corrected chi connectivity index (χ4v) is 1.74. The molecule has 1 heterocycles. The summed E-state index contributed by atoms with van der Waals surface area (Å²) in [7, 11) is 0. The number of carbonyl (C=O) groups excluding carboxylic acids is 1. The summed E-state index contributed by atoms with van der Waals surface area (Å²) in [5, 5.41) is 17.0. The quantitative estimate of drug-likeness (QED) is 0.791. The molecule has 1 amide bonds. The highest BCUT2D eigenvalue weighted by Crippen LogP contribution is 2.15. The van der Waals surface area contributed by atoms with Gasteiger partial charge in [-0.25, -0.2) is 0 Å². The van der Waals surface area contributed by atoms with Gasteiger partial charge >= 0.3 is 0 Å². The van der Waals surface area contributed by atoms with Crippen molar-refractivity contribution in [3.05, 3.63) is 18.5 Å². The largest absolute Gasteiger partial charge is 0.388 e. The first-order chi connectivity index (χ1) is 8.82. The van der Waals surface area contributed by atoms with E-state index < -0.39 is 5.60 Å². The SMILES string of the molecule is CC(C)CC[C@](C)(O)CNC(=O)[C@@H](C)n1cccn1. The lowest BCUT2D eigenvalue weighted by Crippen LogP contribution is -2.43. The lowest BCUT2D eigenvalue weighted by molar-refractivity contribution is -0.125. The molecule has 5 heteroatoms. The minimum atomic E-state index is -0.857. The highest BCUT2D eigenvalue weighted by molar-refractivity contribution is 5.79. The Morgan fingerprint density at radius 3 is 2.68 bits per heavy atom. The van der Waals surface area contributed by atoms with E-state index in [0.717, 1.165) is 6.42 Å². The molecule has 0 saturated heterocycles. The average molecular weight is 267 g/mol. The predicted octanol–water partition coefficient (Wildman–Crippen LogP) is 1.75. The van der Waals surface area contributed by atoms with Gasteiger partial charge in [0.05, 0.1) is 5.60 Å². The molecule has 0 fully saturated rings. The molecule has 108 valence electrons. The number of rotatable bonds is 7. The van der Waals surface area contributed by atoms with Crippen LogP contribution in [0.1, 0.15) is 46.6 Å².